The van der Waals surface area contributed by atoms with E-state index in [-0.39, 0.29) is 5.91 Å². The van der Waals surface area contributed by atoms with Crippen molar-refractivity contribution in [2.75, 3.05) is 23.7 Å². The number of aromatic nitrogens is 3. The number of carbonyl (C=O) groups is 1. The molecule has 0 aliphatic rings. The summed E-state index contributed by atoms with van der Waals surface area (Å²) >= 11 is 1.59. The van der Waals surface area contributed by atoms with Gasteiger partial charge in [-0.1, -0.05) is 6.07 Å². The summed E-state index contributed by atoms with van der Waals surface area (Å²) in [6.07, 6.45) is 6.55. The summed E-state index contributed by atoms with van der Waals surface area (Å²) in [5, 5.41) is 11.1. The maximum atomic E-state index is 11.8. The first-order valence-electron chi connectivity index (χ1n) is 8.44. The number of aryl methyl sites for hydroxylation is 1. The Morgan fingerprint density at radius 3 is 2.78 bits per heavy atom. The molecule has 27 heavy (non-hydrogen) atoms. The molecule has 0 radical (unpaired) electrons. The number of nitrogens with zero attached hydrogens (tertiary/aromatic N) is 3. The molecule has 0 atom stereocenters. The highest BCUT2D eigenvalue weighted by Gasteiger charge is 2.01. The number of amides is 1. The number of anilines is 3. The predicted octanol–water partition coefficient (Wildman–Crippen LogP) is 3.23. The van der Waals surface area contributed by atoms with Crippen LogP contribution in [0.15, 0.2) is 54.3 Å². The highest BCUT2D eigenvalue weighted by molar-refractivity contribution is 7.10. The van der Waals surface area contributed by atoms with E-state index in [1.807, 2.05) is 36.6 Å². The summed E-state index contributed by atoms with van der Waals surface area (Å²) in [6, 6.07) is 9.58. The fourth-order valence-electron chi connectivity index (χ4n) is 2.24. The number of hydrogen-bond acceptors (Lipinski definition) is 7. The monoisotopic (exact) mass is 380 g/mol. The molecule has 0 aromatic carbocycles. The van der Waals surface area contributed by atoms with Crippen molar-refractivity contribution in [3.63, 3.8) is 0 Å². The molecule has 0 aliphatic heterocycles. The Kier molecular flexibility index (Phi) is 6.48. The van der Waals surface area contributed by atoms with Crippen molar-refractivity contribution < 1.29 is 4.79 Å². The van der Waals surface area contributed by atoms with E-state index in [1.165, 1.54) is 12.4 Å². The number of rotatable bonds is 8. The van der Waals surface area contributed by atoms with E-state index in [0.29, 0.717) is 24.7 Å². The van der Waals surface area contributed by atoms with Crippen LogP contribution < -0.4 is 16.0 Å². The van der Waals surface area contributed by atoms with Crippen molar-refractivity contribution in [2.45, 2.75) is 6.92 Å². The van der Waals surface area contributed by atoms with Gasteiger partial charge in [-0.2, -0.15) is 0 Å². The van der Waals surface area contributed by atoms with Crippen LogP contribution in [0.4, 0.5) is 17.5 Å². The van der Waals surface area contributed by atoms with Crippen LogP contribution in [0.2, 0.25) is 0 Å². The van der Waals surface area contributed by atoms with E-state index >= 15 is 0 Å². The Balaban J connectivity index is 1.44. The van der Waals surface area contributed by atoms with Gasteiger partial charge >= 0.3 is 0 Å². The van der Waals surface area contributed by atoms with E-state index in [9.17, 15) is 4.79 Å². The average Bonchev–Trinajstić information content (AvgIpc) is 3.18. The van der Waals surface area contributed by atoms with Gasteiger partial charge in [-0.25, -0.2) is 15.0 Å². The molecule has 7 nitrogen and oxygen atoms in total. The molecule has 0 bridgehead atoms. The van der Waals surface area contributed by atoms with Crippen LogP contribution in [0.25, 0.3) is 6.08 Å². The minimum absolute atomic E-state index is 0.124. The summed E-state index contributed by atoms with van der Waals surface area (Å²) in [7, 11) is 0. The van der Waals surface area contributed by atoms with Gasteiger partial charge < -0.3 is 16.0 Å². The first kappa shape index (κ1) is 18.5. The average molecular weight is 380 g/mol. The summed E-state index contributed by atoms with van der Waals surface area (Å²) in [5.74, 6) is 1.92. The zero-order valence-electron chi connectivity index (χ0n) is 14.8. The molecule has 3 aromatic rings. The second-order valence-corrected chi connectivity index (χ2v) is 6.68. The Bertz CT molecular complexity index is 910. The molecule has 3 rings (SSSR count). The second-order valence-electron chi connectivity index (χ2n) is 5.70. The second kappa shape index (κ2) is 9.44. The van der Waals surface area contributed by atoms with Crippen LogP contribution in [0.3, 0.4) is 0 Å². The lowest BCUT2D eigenvalue weighted by atomic mass is 10.3. The van der Waals surface area contributed by atoms with E-state index in [1.54, 1.807) is 29.7 Å². The molecule has 0 saturated heterocycles. The summed E-state index contributed by atoms with van der Waals surface area (Å²) in [4.78, 5) is 25.4. The van der Waals surface area contributed by atoms with Crippen LogP contribution in [-0.2, 0) is 4.79 Å². The van der Waals surface area contributed by atoms with Crippen LogP contribution in [-0.4, -0.2) is 33.9 Å². The molecule has 1 amide bonds. The van der Waals surface area contributed by atoms with E-state index in [2.05, 4.69) is 30.9 Å². The summed E-state index contributed by atoms with van der Waals surface area (Å²) < 4.78 is 0. The van der Waals surface area contributed by atoms with Crippen LogP contribution in [0, 0.1) is 6.92 Å². The van der Waals surface area contributed by atoms with Crippen LogP contribution >= 0.6 is 11.3 Å². The molecule has 3 N–H and O–H groups in total. The van der Waals surface area contributed by atoms with Gasteiger partial charge in [0.05, 0.1) is 0 Å². The Hall–Kier alpha value is -3.26. The van der Waals surface area contributed by atoms with Crippen molar-refractivity contribution >= 4 is 40.8 Å². The van der Waals surface area contributed by atoms with Gasteiger partial charge in [0, 0.05) is 36.3 Å². The molecule has 138 valence electrons. The lowest BCUT2D eigenvalue weighted by molar-refractivity contribution is -0.116. The van der Waals surface area contributed by atoms with Crippen molar-refractivity contribution in [3.8, 4) is 0 Å². The minimum Gasteiger partial charge on any atom is -0.368 e. The molecule has 0 unspecified atom stereocenters. The first-order chi connectivity index (χ1) is 13.2. The number of nitrogens with one attached hydrogen (secondary N) is 3. The zero-order valence-corrected chi connectivity index (χ0v) is 15.7. The highest BCUT2D eigenvalue weighted by atomic mass is 32.1. The Morgan fingerprint density at radius 1 is 1.11 bits per heavy atom. The van der Waals surface area contributed by atoms with Gasteiger partial charge in [-0.15, -0.1) is 11.3 Å². The molecular formula is C19H20N6OS. The molecular weight excluding hydrogens is 360 g/mol. The number of hydrogen-bond donors (Lipinski definition) is 3. The zero-order chi connectivity index (χ0) is 18.9. The van der Waals surface area contributed by atoms with Gasteiger partial charge in [-0.3, -0.25) is 4.79 Å². The maximum Gasteiger partial charge on any atom is 0.244 e. The molecule has 0 spiro atoms. The third-order valence-electron chi connectivity index (χ3n) is 3.51. The van der Waals surface area contributed by atoms with Gasteiger partial charge in [0.15, 0.2) is 0 Å². The minimum atomic E-state index is -0.124. The third kappa shape index (κ3) is 6.19. The quantitative estimate of drug-likeness (QED) is 0.410. The van der Waals surface area contributed by atoms with Crippen LogP contribution in [0.1, 0.15) is 10.4 Å². The normalized spacial score (nSPS) is 10.7. The molecule has 8 heteroatoms. The number of thiophene rings is 1. The lowest BCUT2D eigenvalue weighted by Gasteiger charge is -2.08. The van der Waals surface area contributed by atoms with Crippen LogP contribution in [0.5, 0.6) is 0 Å². The molecule has 0 aliphatic carbocycles. The van der Waals surface area contributed by atoms with Crippen molar-refractivity contribution in [3.05, 3.63) is 64.8 Å². The van der Waals surface area contributed by atoms with Gasteiger partial charge in [-0.05, 0) is 42.1 Å². The third-order valence-corrected chi connectivity index (χ3v) is 4.35. The van der Waals surface area contributed by atoms with Gasteiger partial charge in [0.1, 0.15) is 23.8 Å². The predicted molar refractivity (Wildman–Crippen MR) is 109 cm³/mol. The highest BCUT2D eigenvalue weighted by Crippen LogP contribution is 2.14. The largest absolute Gasteiger partial charge is 0.368 e. The fourth-order valence-corrected chi connectivity index (χ4v) is 2.86. The number of carbonyl (C=O) groups excluding carboxylic acids is 1. The SMILES string of the molecule is Cc1ccnc(Nc2cc(NCCNC(=O)/C=C/c3cccs3)ncn2)c1. The van der Waals surface area contributed by atoms with Crippen molar-refractivity contribution in [1.29, 1.82) is 0 Å². The lowest BCUT2D eigenvalue weighted by Crippen LogP contribution is -2.27. The summed E-state index contributed by atoms with van der Waals surface area (Å²) in [6.45, 7) is 3.04. The standard InChI is InChI=1S/C19H20N6OS/c1-14-6-7-20-17(11-14)25-18-12-16(23-13-24-18)21-8-9-22-19(26)5-4-15-3-2-10-27-15/h2-7,10-13H,8-9H2,1H3,(H,22,26)(H2,20,21,23,24,25)/b5-4+. The van der Waals surface area contributed by atoms with Crippen molar-refractivity contribution in [1.82, 2.24) is 20.3 Å². The van der Waals surface area contributed by atoms with Gasteiger partial charge in [0.25, 0.3) is 0 Å². The smallest absolute Gasteiger partial charge is 0.244 e. The van der Waals surface area contributed by atoms with Gasteiger partial charge in [0.2, 0.25) is 5.91 Å². The molecule has 0 saturated carbocycles. The maximum absolute atomic E-state index is 11.8. The van der Waals surface area contributed by atoms with E-state index in [4.69, 9.17) is 0 Å². The topological polar surface area (TPSA) is 91.8 Å². The Morgan fingerprint density at radius 2 is 1.96 bits per heavy atom. The summed E-state index contributed by atoms with van der Waals surface area (Å²) in [5.41, 5.74) is 1.11. The molecule has 3 aromatic heterocycles. The number of pyridine rings is 1. The van der Waals surface area contributed by atoms with Crippen molar-refractivity contribution in [2.24, 2.45) is 0 Å². The molecule has 3 heterocycles. The Labute approximate surface area is 161 Å². The van der Waals surface area contributed by atoms with E-state index in [0.717, 1.165) is 16.3 Å². The molecule has 0 fully saturated rings. The van der Waals surface area contributed by atoms with E-state index < -0.39 is 0 Å². The first-order valence-corrected chi connectivity index (χ1v) is 9.32. The fraction of sp³-hybridized carbons (Fsp3) is 0.158.